The van der Waals surface area contributed by atoms with Crippen molar-refractivity contribution < 1.29 is 46.8 Å². The van der Waals surface area contributed by atoms with Gasteiger partial charge in [0, 0.05) is 26.4 Å². The molecule has 2 spiro atoms. The molecule has 0 N–H and O–H groups in total. The Hall–Kier alpha value is -2.44. The van der Waals surface area contributed by atoms with Gasteiger partial charge in [-0.2, -0.15) is 0 Å². The molecule has 2 aromatic rings. The zero-order valence-corrected chi connectivity index (χ0v) is 33.8. The topological polar surface area (TPSA) is 89.5 Å². The van der Waals surface area contributed by atoms with Gasteiger partial charge in [-0.1, -0.05) is 28.1 Å². The Bertz CT molecular complexity index is 1540. The molecule has 3 unspecified atom stereocenters. The number of benzene rings is 2. The lowest BCUT2D eigenvalue weighted by molar-refractivity contribution is -0.155. The summed E-state index contributed by atoms with van der Waals surface area (Å²) in [6.45, 7) is 15.5. The molecular formula is C42H57BrF2O8. The summed E-state index contributed by atoms with van der Waals surface area (Å²) >= 11 is 3.41. The van der Waals surface area contributed by atoms with E-state index in [1.807, 2.05) is 41.5 Å². The van der Waals surface area contributed by atoms with Gasteiger partial charge in [-0.15, -0.1) is 0 Å². The number of carbonyl (C=O) groups excluding carboxylic acids is 2. The summed E-state index contributed by atoms with van der Waals surface area (Å²) in [5.41, 5.74) is 2.26. The van der Waals surface area contributed by atoms with Gasteiger partial charge in [-0.05, 0) is 150 Å². The summed E-state index contributed by atoms with van der Waals surface area (Å²) in [6, 6.07) is 9.19. The zero-order valence-electron chi connectivity index (χ0n) is 32.2. The highest BCUT2D eigenvalue weighted by Crippen LogP contribution is 2.46. The van der Waals surface area contributed by atoms with Crippen molar-refractivity contribution in [1.82, 2.24) is 0 Å². The highest BCUT2D eigenvalue weighted by molar-refractivity contribution is 9.09. The Labute approximate surface area is 322 Å². The Balaban J connectivity index is 0.000000204. The lowest BCUT2D eigenvalue weighted by Crippen LogP contribution is -2.38. The molecule has 4 aliphatic rings. The lowest BCUT2D eigenvalue weighted by Gasteiger charge is -2.43. The molecule has 0 amide bonds. The van der Waals surface area contributed by atoms with E-state index in [-0.39, 0.29) is 47.1 Å². The third-order valence-electron chi connectivity index (χ3n) is 10.7. The van der Waals surface area contributed by atoms with Crippen molar-refractivity contribution in [2.45, 2.75) is 128 Å². The standard InChI is InChI=1S/C21H28BrFO4.C21H29FO4/c1-20(2,3)27-19(24)18(22)16-12-14(23)4-5-15(16)17-6-7-21(13-26-17)8-10-25-11-9-21;1-20(2,3)26-19(23)13-15-12-16(22)4-5-17(15)18-6-7-21(14-25-18)8-10-24-11-9-21/h4-5,12,17-18H,6-11,13H2,1-3H3;4-5,12,18H,6-11,13-14H2,1-3H3. The molecule has 0 bridgehead atoms. The van der Waals surface area contributed by atoms with Crippen molar-refractivity contribution in [1.29, 1.82) is 0 Å². The first-order valence-corrected chi connectivity index (χ1v) is 19.9. The highest BCUT2D eigenvalue weighted by atomic mass is 79.9. The minimum absolute atomic E-state index is 0.0587. The predicted octanol–water partition coefficient (Wildman–Crippen LogP) is 9.61. The predicted molar refractivity (Wildman–Crippen MR) is 201 cm³/mol. The van der Waals surface area contributed by atoms with Crippen molar-refractivity contribution in [3.8, 4) is 0 Å². The second-order valence-corrected chi connectivity index (χ2v) is 18.1. The highest BCUT2D eigenvalue weighted by Gasteiger charge is 2.40. The van der Waals surface area contributed by atoms with Gasteiger partial charge in [0.15, 0.2) is 0 Å². The quantitative estimate of drug-likeness (QED) is 0.211. The van der Waals surface area contributed by atoms with E-state index in [1.54, 1.807) is 12.1 Å². The zero-order chi connectivity index (χ0) is 38.4. The Morgan fingerprint density at radius 3 is 1.68 bits per heavy atom. The molecule has 0 radical (unpaired) electrons. The molecule has 4 aliphatic heterocycles. The van der Waals surface area contributed by atoms with E-state index in [0.717, 1.165) is 88.9 Å². The van der Waals surface area contributed by atoms with E-state index >= 15 is 0 Å². The minimum Gasteiger partial charge on any atom is -0.460 e. The van der Waals surface area contributed by atoms with Crippen LogP contribution in [0.15, 0.2) is 36.4 Å². The third kappa shape index (κ3) is 11.8. The number of carbonyl (C=O) groups is 2. The average Bonchev–Trinajstić information content (AvgIpc) is 3.08. The van der Waals surface area contributed by atoms with Gasteiger partial charge in [0.2, 0.25) is 0 Å². The van der Waals surface area contributed by atoms with Crippen molar-refractivity contribution in [2.24, 2.45) is 10.8 Å². The summed E-state index contributed by atoms with van der Waals surface area (Å²) < 4.78 is 61.9. The number of rotatable bonds is 6. The van der Waals surface area contributed by atoms with Crippen LogP contribution in [0, 0.1) is 22.5 Å². The van der Waals surface area contributed by atoms with Gasteiger partial charge in [-0.3, -0.25) is 9.59 Å². The minimum atomic E-state index is -0.731. The second-order valence-electron chi connectivity index (χ2n) is 17.2. The second kappa shape index (κ2) is 17.6. The van der Waals surface area contributed by atoms with Gasteiger partial charge in [0.05, 0.1) is 31.8 Å². The first-order valence-electron chi connectivity index (χ1n) is 19.0. The molecule has 8 nitrogen and oxygen atoms in total. The summed E-state index contributed by atoms with van der Waals surface area (Å²) in [7, 11) is 0. The largest absolute Gasteiger partial charge is 0.460 e. The molecule has 0 aliphatic carbocycles. The number of halogens is 3. The third-order valence-corrected chi connectivity index (χ3v) is 11.5. The van der Waals surface area contributed by atoms with E-state index in [0.29, 0.717) is 24.3 Å². The van der Waals surface area contributed by atoms with Crippen molar-refractivity contribution >= 4 is 27.9 Å². The van der Waals surface area contributed by atoms with Crippen LogP contribution in [-0.4, -0.2) is 62.8 Å². The summed E-state index contributed by atoms with van der Waals surface area (Å²) in [6.07, 6.45) is 7.80. The van der Waals surface area contributed by atoms with E-state index in [9.17, 15) is 18.4 Å². The van der Waals surface area contributed by atoms with Crippen LogP contribution in [0.2, 0.25) is 0 Å². The molecule has 53 heavy (non-hydrogen) atoms. The average molecular weight is 808 g/mol. The van der Waals surface area contributed by atoms with Gasteiger partial charge < -0.3 is 28.4 Å². The number of alkyl halides is 1. The molecule has 2 aromatic carbocycles. The fourth-order valence-electron chi connectivity index (χ4n) is 7.74. The van der Waals surface area contributed by atoms with E-state index in [1.165, 1.54) is 24.3 Å². The summed E-state index contributed by atoms with van der Waals surface area (Å²) in [5, 5.41) is 0. The fourth-order valence-corrected chi connectivity index (χ4v) is 8.23. The number of esters is 2. The van der Waals surface area contributed by atoms with Crippen LogP contribution >= 0.6 is 15.9 Å². The van der Waals surface area contributed by atoms with Gasteiger partial charge in [0.1, 0.15) is 27.7 Å². The molecule has 294 valence electrons. The lowest BCUT2D eigenvalue weighted by atomic mass is 9.74. The van der Waals surface area contributed by atoms with Crippen LogP contribution in [0.3, 0.4) is 0 Å². The molecule has 3 atom stereocenters. The summed E-state index contributed by atoms with van der Waals surface area (Å²) in [5.74, 6) is -1.49. The molecule has 0 aromatic heterocycles. The maximum Gasteiger partial charge on any atom is 0.324 e. The number of hydrogen-bond acceptors (Lipinski definition) is 8. The monoisotopic (exact) mass is 806 g/mol. The Morgan fingerprint density at radius 1 is 0.736 bits per heavy atom. The van der Waals surface area contributed by atoms with Crippen LogP contribution in [0.25, 0.3) is 0 Å². The van der Waals surface area contributed by atoms with Crippen molar-refractivity contribution in [3.05, 3.63) is 70.3 Å². The molecule has 4 saturated heterocycles. The smallest absolute Gasteiger partial charge is 0.324 e. The molecule has 11 heteroatoms. The Kier molecular flexibility index (Phi) is 13.8. The van der Waals surface area contributed by atoms with Gasteiger partial charge in [0.25, 0.3) is 0 Å². The van der Waals surface area contributed by atoms with Crippen molar-refractivity contribution in [3.63, 3.8) is 0 Å². The molecule has 4 fully saturated rings. The molecule has 4 heterocycles. The first-order chi connectivity index (χ1) is 25.0. The van der Waals surface area contributed by atoms with E-state index in [2.05, 4.69) is 15.9 Å². The maximum absolute atomic E-state index is 13.9. The SMILES string of the molecule is CC(C)(C)OC(=O)C(Br)c1cc(F)ccc1C1CCC2(CCOCC2)CO1.CC(C)(C)OC(=O)Cc1cc(F)ccc1C1CCC2(CCOCC2)CO1. The fraction of sp³-hybridized carbons (Fsp3) is 0.667. The first kappa shape index (κ1) is 41.7. The summed E-state index contributed by atoms with van der Waals surface area (Å²) in [4.78, 5) is 24.0. The molecule has 0 saturated carbocycles. The maximum atomic E-state index is 13.9. The van der Waals surface area contributed by atoms with Gasteiger partial charge in [-0.25, -0.2) is 8.78 Å². The van der Waals surface area contributed by atoms with Crippen LogP contribution < -0.4 is 0 Å². The molecular weight excluding hydrogens is 750 g/mol. The molecule has 6 rings (SSSR count). The Morgan fingerprint density at radius 2 is 1.21 bits per heavy atom. The van der Waals surface area contributed by atoms with E-state index in [4.69, 9.17) is 28.4 Å². The van der Waals surface area contributed by atoms with Crippen LogP contribution in [0.5, 0.6) is 0 Å². The van der Waals surface area contributed by atoms with E-state index < -0.39 is 22.0 Å². The number of ether oxygens (including phenoxy) is 6. The van der Waals surface area contributed by atoms with Crippen LogP contribution in [-0.2, 0) is 44.4 Å². The number of hydrogen-bond donors (Lipinski definition) is 0. The van der Waals surface area contributed by atoms with Gasteiger partial charge >= 0.3 is 11.9 Å². The van der Waals surface area contributed by atoms with Crippen molar-refractivity contribution in [2.75, 3.05) is 39.6 Å². The van der Waals surface area contributed by atoms with Crippen LogP contribution in [0.4, 0.5) is 8.78 Å². The normalized spacial score (nSPS) is 23.4. The van der Waals surface area contributed by atoms with Crippen LogP contribution in [0.1, 0.15) is 132 Å².